The largest absolute Gasteiger partial charge is 0.508 e. The molecule has 0 saturated heterocycles. The third-order valence-corrected chi connectivity index (χ3v) is 8.43. The Labute approximate surface area is 270 Å². The molecule has 0 radical (unpaired) electrons. The molecular formula is C38H43N3O5. The van der Waals surface area contributed by atoms with Crippen LogP contribution in [-0.4, -0.2) is 45.6 Å². The lowest BCUT2D eigenvalue weighted by molar-refractivity contribution is -0.141. The van der Waals surface area contributed by atoms with E-state index >= 15 is 0 Å². The van der Waals surface area contributed by atoms with Gasteiger partial charge in [-0.1, -0.05) is 67.6 Å². The number of hydrogen-bond donors (Lipinski definition) is 3. The number of ether oxygens (including phenoxy) is 1. The number of anilines is 1. The minimum atomic E-state index is -1.03. The summed E-state index contributed by atoms with van der Waals surface area (Å²) >= 11 is 0. The van der Waals surface area contributed by atoms with Crippen molar-refractivity contribution in [1.29, 1.82) is 0 Å². The monoisotopic (exact) mass is 621 g/mol. The quantitative estimate of drug-likeness (QED) is 0.183. The highest BCUT2D eigenvalue weighted by Gasteiger charge is 2.48. The third-order valence-electron chi connectivity index (χ3n) is 8.43. The topological polar surface area (TPSA) is 108 Å². The lowest BCUT2D eigenvalue weighted by Crippen LogP contribution is -2.54. The van der Waals surface area contributed by atoms with E-state index in [2.05, 4.69) is 17.6 Å². The first kappa shape index (κ1) is 32.5. The molecular weight excluding hydrogens is 578 g/mol. The Balaban J connectivity index is 1.55. The summed E-state index contributed by atoms with van der Waals surface area (Å²) in [6.07, 6.45) is 0.146. The number of carbonyl (C=O) groups excluding carboxylic acids is 3. The number of alkyl carbamates (subject to hydrolysis) is 1. The van der Waals surface area contributed by atoms with Gasteiger partial charge in [0, 0.05) is 18.2 Å². The van der Waals surface area contributed by atoms with E-state index in [1.54, 1.807) is 49.9 Å². The standard InChI is InChI=1S/C38H43N3O5/c1-23-11-14-29(19-24(23)2)34(35(43)39-30-16-15-27-9-7-8-10-28(27)22-30)41(33-20-25(33)3)36(44)32(40-37(45)46-38(4,5)6)21-26-12-17-31(42)18-13-26/h7-19,22,25,32-34,42H,20-21H2,1-6H3,(H,39,43)(H,40,45). The summed E-state index contributed by atoms with van der Waals surface area (Å²) in [5.74, 6) is -0.459. The molecule has 1 saturated carbocycles. The van der Waals surface area contributed by atoms with Crippen molar-refractivity contribution in [3.05, 3.63) is 107 Å². The van der Waals surface area contributed by atoms with Crippen LogP contribution >= 0.6 is 0 Å². The Morgan fingerprint density at radius 3 is 2.22 bits per heavy atom. The number of carbonyl (C=O) groups is 3. The number of nitrogens with zero attached hydrogens (tertiary/aromatic N) is 1. The average Bonchev–Trinajstić information content (AvgIpc) is 3.72. The minimum absolute atomic E-state index is 0.0975. The maximum absolute atomic E-state index is 14.8. The number of fused-ring (bicyclic) bond motifs is 1. The van der Waals surface area contributed by atoms with Crippen molar-refractivity contribution in [2.75, 3.05) is 5.32 Å². The van der Waals surface area contributed by atoms with Crippen molar-refractivity contribution in [3.63, 3.8) is 0 Å². The SMILES string of the molecule is Cc1ccc(C(C(=O)Nc2ccc3ccccc3c2)N(C(=O)C(Cc2ccc(O)cc2)NC(=O)OC(C)(C)C)C2CC2C)cc1C. The predicted octanol–water partition coefficient (Wildman–Crippen LogP) is 7.22. The number of phenols is 1. The number of benzene rings is 4. The van der Waals surface area contributed by atoms with Gasteiger partial charge in [-0.3, -0.25) is 9.59 Å². The van der Waals surface area contributed by atoms with Gasteiger partial charge in [0.25, 0.3) is 5.91 Å². The molecule has 240 valence electrons. The summed E-state index contributed by atoms with van der Waals surface area (Å²) in [7, 11) is 0. The lowest BCUT2D eigenvalue weighted by atomic mass is 9.97. The fourth-order valence-corrected chi connectivity index (χ4v) is 5.72. The van der Waals surface area contributed by atoms with E-state index in [4.69, 9.17) is 4.74 Å². The molecule has 4 atom stereocenters. The van der Waals surface area contributed by atoms with E-state index in [1.807, 2.05) is 74.5 Å². The molecule has 8 heteroatoms. The Morgan fingerprint density at radius 2 is 1.59 bits per heavy atom. The Kier molecular flexibility index (Phi) is 9.37. The fraction of sp³-hybridized carbons (Fsp3) is 0.342. The Morgan fingerprint density at radius 1 is 0.913 bits per heavy atom. The maximum Gasteiger partial charge on any atom is 0.408 e. The molecule has 0 spiro atoms. The van der Waals surface area contributed by atoms with Crippen LogP contribution < -0.4 is 10.6 Å². The van der Waals surface area contributed by atoms with E-state index in [1.165, 1.54) is 0 Å². The second-order valence-corrected chi connectivity index (χ2v) is 13.4. The third kappa shape index (κ3) is 7.86. The van der Waals surface area contributed by atoms with Crippen LogP contribution in [0.25, 0.3) is 10.8 Å². The number of aromatic hydroxyl groups is 1. The van der Waals surface area contributed by atoms with Gasteiger partial charge in [0.1, 0.15) is 23.4 Å². The highest BCUT2D eigenvalue weighted by Crippen LogP contribution is 2.41. The van der Waals surface area contributed by atoms with Gasteiger partial charge in [-0.2, -0.15) is 0 Å². The van der Waals surface area contributed by atoms with E-state index in [0.717, 1.165) is 33.9 Å². The van der Waals surface area contributed by atoms with Gasteiger partial charge in [0.05, 0.1) is 0 Å². The zero-order valence-electron chi connectivity index (χ0n) is 27.3. The maximum atomic E-state index is 14.8. The van der Waals surface area contributed by atoms with Gasteiger partial charge >= 0.3 is 6.09 Å². The van der Waals surface area contributed by atoms with Crippen LogP contribution in [0.3, 0.4) is 0 Å². The average molecular weight is 622 g/mol. The van der Waals surface area contributed by atoms with Crippen LogP contribution in [0.4, 0.5) is 10.5 Å². The van der Waals surface area contributed by atoms with E-state index in [-0.39, 0.29) is 35.9 Å². The van der Waals surface area contributed by atoms with Crippen LogP contribution in [0.2, 0.25) is 0 Å². The summed E-state index contributed by atoms with van der Waals surface area (Å²) in [5.41, 5.74) is 3.36. The second-order valence-electron chi connectivity index (χ2n) is 13.4. The fourth-order valence-electron chi connectivity index (χ4n) is 5.72. The summed E-state index contributed by atoms with van der Waals surface area (Å²) in [5, 5.41) is 17.8. The zero-order chi connectivity index (χ0) is 33.2. The number of hydrogen-bond acceptors (Lipinski definition) is 5. The van der Waals surface area contributed by atoms with Crippen LogP contribution in [0.5, 0.6) is 5.75 Å². The molecule has 0 heterocycles. The molecule has 0 aliphatic heterocycles. The molecule has 0 bridgehead atoms. The smallest absolute Gasteiger partial charge is 0.408 e. The number of nitrogens with one attached hydrogen (secondary N) is 2. The molecule has 8 nitrogen and oxygen atoms in total. The van der Waals surface area contributed by atoms with Crippen molar-refractivity contribution in [2.24, 2.45) is 5.92 Å². The minimum Gasteiger partial charge on any atom is -0.508 e. The summed E-state index contributed by atoms with van der Waals surface area (Å²) in [6.45, 7) is 11.3. The first-order valence-corrected chi connectivity index (χ1v) is 15.8. The highest BCUT2D eigenvalue weighted by molar-refractivity contribution is 6.00. The molecule has 4 aromatic carbocycles. The van der Waals surface area contributed by atoms with Crippen LogP contribution in [0.15, 0.2) is 84.9 Å². The molecule has 3 amide bonds. The number of rotatable bonds is 9. The highest BCUT2D eigenvalue weighted by atomic mass is 16.6. The van der Waals surface area contributed by atoms with Crippen molar-refractivity contribution in [3.8, 4) is 5.75 Å². The van der Waals surface area contributed by atoms with Gasteiger partial charge < -0.3 is 25.4 Å². The number of aryl methyl sites for hydroxylation is 2. The molecule has 3 N–H and O–H groups in total. The summed E-state index contributed by atoms with van der Waals surface area (Å²) < 4.78 is 5.55. The van der Waals surface area contributed by atoms with Gasteiger partial charge in [0.2, 0.25) is 5.91 Å². The molecule has 1 fully saturated rings. The summed E-state index contributed by atoms with van der Waals surface area (Å²) in [6, 6.07) is 23.8. The Bertz CT molecular complexity index is 1740. The van der Waals surface area contributed by atoms with Crippen molar-refractivity contribution in [2.45, 2.75) is 78.1 Å². The number of phenolic OH excluding ortho intramolecular Hbond substituents is 1. The lowest BCUT2D eigenvalue weighted by Gasteiger charge is -2.35. The molecule has 0 aromatic heterocycles. The first-order chi connectivity index (χ1) is 21.8. The molecule has 1 aliphatic carbocycles. The normalized spacial score (nSPS) is 17.1. The van der Waals surface area contributed by atoms with Crippen molar-refractivity contribution < 1.29 is 24.2 Å². The molecule has 46 heavy (non-hydrogen) atoms. The van der Waals surface area contributed by atoms with E-state index in [0.29, 0.717) is 11.3 Å². The van der Waals surface area contributed by atoms with Crippen LogP contribution in [-0.2, 0) is 20.7 Å². The zero-order valence-corrected chi connectivity index (χ0v) is 27.3. The first-order valence-electron chi connectivity index (χ1n) is 15.8. The van der Waals surface area contributed by atoms with E-state index in [9.17, 15) is 19.5 Å². The molecule has 4 aromatic rings. The van der Waals surface area contributed by atoms with Crippen molar-refractivity contribution in [1.82, 2.24) is 10.2 Å². The number of amides is 3. The van der Waals surface area contributed by atoms with Gasteiger partial charge in [-0.05, 0) is 104 Å². The van der Waals surface area contributed by atoms with Gasteiger partial charge in [-0.15, -0.1) is 0 Å². The molecule has 4 unspecified atom stereocenters. The van der Waals surface area contributed by atoms with Gasteiger partial charge in [0.15, 0.2) is 0 Å². The molecule has 5 rings (SSSR count). The molecule has 1 aliphatic rings. The second kappa shape index (κ2) is 13.3. The van der Waals surface area contributed by atoms with Crippen LogP contribution in [0.1, 0.15) is 62.4 Å². The summed E-state index contributed by atoms with van der Waals surface area (Å²) in [4.78, 5) is 43.9. The van der Waals surface area contributed by atoms with E-state index < -0.39 is 23.8 Å². The van der Waals surface area contributed by atoms with Crippen LogP contribution in [0, 0.1) is 19.8 Å². The van der Waals surface area contributed by atoms with Crippen molar-refractivity contribution >= 4 is 34.4 Å². The predicted molar refractivity (Wildman–Crippen MR) is 181 cm³/mol. The Hall–Kier alpha value is -4.85. The van der Waals surface area contributed by atoms with Gasteiger partial charge in [-0.25, -0.2) is 4.79 Å².